The van der Waals surface area contributed by atoms with Gasteiger partial charge in [0.25, 0.3) is 0 Å². The maximum absolute atomic E-state index is 9.72. The van der Waals surface area contributed by atoms with Crippen LogP contribution in [0.2, 0.25) is 0 Å². The first kappa shape index (κ1) is 17.3. The lowest BCUT2D eigenvalue weighted by molar-refractivity contribution is 0.953. The SMILES string of the molecule is [2H]c1ccc2c(c1)c1ccc(-c3nc(-c4ccccc4)nc(-n4c5c([2H])c([2H])c([2H])c([2H])c5c5c([2H])c([2H])c6c7c([2H])c([2H])c([2H])c([2H])c7n(-c7c([2H])c([2H])c([2H])c([2H])c7[2H])c6c54)n3)cc1n2-c1c([2H])c([2H])c([2H])c([2H])c1[2H]. The summed E-state index contributed by atoms with van der Waals surface area (Å²) in [6, 6.07) is 3.84. The van der Waals surface area contributed by atoms with Gasteiger partial charge < -0.3 is 9.13 Å². The summed E-state index contributed by atoms with van der Waals surface area (Å²) in [4.78, 5) is 14.8. The second-order valence-electron chi connectivity index (χ2n) is 12.9. The van der Waals surface area contributed by atoms with E-state index in [9.17, 15) is 11.0 Å². The highest BCUT2D eigenvalue weighted by molar-refractivity contribution is 6.23. The number of aromatic nitrogens is 6. The summed E-state index contributed by atoms with van der Waals surface area (Å²) in [6.07, 6.45) is 0. The number of para-hydroxylation sites is 5. The Labute approximate surface area is 356 Å². The van der Waals surface area contributed by atoms with Crippen LogP contribution in [0.15, 0.2) is 194 Å². The second-order valence-corrected chi connectivity index (χ2v) is 12.9. The highest BCUT2D eigenvalue weighted by atomic mass is 15.2. The van der Waals surface area contributed by atoms with Crippen molar-refractivity contribution in [1.82, 2.24) is 28.7 Å². The van der Waals surface area contributed by atoms with Gasteiger partial charge in [-0.25, -0.2) is 4.98 Å². The van der Waals surface area contributed by atoms with Gasteiger partial charge in [-0.05, 0) is 48.4 Å². The molecule has 57 heavy (non-hydrogen) atoms. The van der Waals surface area contributed by atoms with E-state index in [0.717, 1.165) is 9.13 Å². The van der Waals surface area contributed by atoms with Crippen LogP contribution in [-0.2, 0) is 0 Å². The van der Waals surface area contributed by atoms with Gasteiger partial charge in [0, 0.05) is 54.8 Å². The zero-order valence-electron chi connectivity index (χ0n) is 50.0. The highest BCUT2D eigenvalue weighted by Crippen LogP contribution is 2.42. The van der Waals surface area contributed by atoms with Crippen molar-refractivity contribution in [3.63, 3.8) is 0 Å². The standard InChI is InChI=1S/C51H32N6/c1-4-16-33(17-5-1)49-52-50(34-28-29-40-37-22-10-13-25-43(37)55(46(40)32-34)35-18-6-2-7-19-35)54-51(53-49)57-45-27-15-12-24-39(45)42-31-30-41-38-23-11-14-26-44(38)56(47(41)48(42)57)36-20-8-3-9-21-36/h1-32H/i2D,3D,6D,7D,8D,9D,10D,11D,12D,14D,15D,18D,19D,20D,21D,23D,24D,26D,27D,30D,31D. The summed E-state index contributed by atoms with van der Waals surface area (Å²) in [5, 5.41) is -0.451. The molecule has 12 aromatic rings. The molecule has 0 spiro atoms. The first-order valence-electron chi connectivity index (χ1n) is 28.0. The van der Waals surface area contributed by atoms with Gasteiger partial charge in [-0.2, -0.15) is 9.97 Å². The largest absolute Gasteiger partial charge is 0.309 e. The highest BCUT2D eigenvalue weighted by Gasteiger charge is 2.24. The van der Waals surface area contributed by atoms with Crippen molar-refractivity contribution >= 4 is 65.4 Å². The van der Waals surface area contributed by atoms with Crippen molar-refractivity contribution in [2.24, 2.45) is 0 Å². The minimum Gasteiger partial charge on any atom is -0.309 e. The Bertz CT molecular complexity index is 4700. The Morgan fingerprint density at radius 3 is 1.63 bits per heavy atom. The number of hydrogen-bond acceptors (Lipinski definition) is 3. The molecule has 0 unspecified atom stereocenters. The number of hydrogen-bond donors (Lipinski definition) is 0. The third kappa shape index (κ3) is 4.74. The van der Waals surface area contributed by atoms with Crippen molar-refractivity contribution < 1.29 is 28.8 Å². The van der Waals surface area contributed by atoms with Crippen LogP contribution in [-0.4, -0.2) is 28.7 Å². The molecule has 0 N–H and O–H groups in total. The molecule has 0 saturated carbocycles. The molecule has 6 heteroatoms. The molecule has 0 atom stereocenters. The molecule has 12 rings (SSSR count). The molecular formula is C51H32N6. The topological polar surface area (TPSA) is 53.5 Å². The van der Waals surface area contributed by atoms with E-state index in [-0.39, 0.29) is 72.6 Å². The predicted octanol–water partition coefficient (Wildman–Crippen LogP) is 12.5. The first-order valence-corrected chi connectivity index (χ1v) is 17.5. The summed E-state index contributed by atoms with van der Waals surface area (Å²) >= 11 is 0. The Hall–Kier alpha value is -7.83. The van der Waals surface area contributed by atoms with Crippen LogP contribution in [0.25, 0.3) is 106 Å². The van der Waals surface area contributed by atoms with E-state index in [1.165, 1.54) is 10.6 Å². The molecule has 0 bridgehead atoms. The minimum atomic E-state index is -0.835. The quantitative estimate of drug-likeness (QED) is 0.176. The second kappa shape index (κ2) is 12.3. The first-order chi connectivity index (χ1) is 37.0. The summed E-state index contributed by atoms with van der Waals surface area (Å²) in [6.45, 7) is 0. The fraction of sp³-hybridized carbons (Fsp3) is 0. The molecule has 0 radical (unpaired) electrons. The van der Waals surface area contributed by atoms with E-state index in [1.54, 1.807) is 60.7 Å². The lowest BCUT2D eigenvalue weighted by atomic mass is 10.1. The molecule has 8 aromatic carbocycles. The molecule has 0 aliphatic heterocycles. The molecule has 0 amide bonds. The molecule has 0 aliphatic rings. The smallest absolute Gasteiger partial charge is 0.238 e. The van der Waals surface area contributed by atoms with Crippen molar-refractivity contribution in [3.05, 3.63) is 194 Å². The van der Waals surface area contributed by atoms with E-state index < -0.39 is 138 Å². The summed E-state index contributed by atoms with van der Waals surface area (Å²) in [7, 11) is 0. The Morgan fingerprint density at radius 1 is 0.351 bits per heavy atom. The molecule has 4 aromatic heterocycles. The van der Waals surface area contributed by atoms with Crippen LogP contribution in [0, 0.1) is 0 Å². The zero-order chi connectivity index (χ0) is 55.7. The van der Waals surface area contributed by atoms with Crippen LogP contribution < -0.4 is 0 Å². The van der Waals surface area contributed by atoms with E-state index in [4.69, 9.17) is 32.8 Å². The lowest BCUT2D eigenvalue weighted by Gasteiger charge is -2.13. The average molecular weight is 750 g/mol. The van der Waals surface area contributed by atoms with E-state index >= 15 is 0 Å². The van der Waals surface area contributed by atoms with Crippen molar-refractivity contribution in [2.75, 3.05) is 0 Å². The van der Waals surface area contributed by atoms with Crippen LogP contribution in [0.4, 0.5) is 0 Å². The predicted molar refractivity (Wildman–Crippen MR) is 234 cm³/mol. The van der Waals surface area contributed by atoms with Gasteiger partial charge in [-0.15, -0.1) is 0 Å². The summed E-state index contributed by atoms with van der Waals surface area (Å²) < 4.78 is 192. The van der Waals surface area contributed by atoms with E-state index in [1.807, 2.05) is 0 Å². The number of rotatable bonds is 5. The maximum atomic E-state index is 9.72. The molecule has 6 nitrogen and oxygen atoms in total. The molecule has 0 aliphatic carbocycles. The van der Waals surface area contributed by atoms with Crippen molar-refractivity contribution in [3.8, 4) is 40.1 Å². The molecular weight excluding hydrogens is 697 g/mol. The zero-order valence-corrected chi connectivity index (χ0v) is 29.0. The molecule has 0 fully saturated rings. The molecule has 4 heterocycles. The van der Waals surface area contributed by atoms with E-state index in [2.05, 4.69) is 0 Å². The van der Waals surface area contributed by atoms with Crippen molar-refractivity contribution in [2.45, 2.75) is 0 Å². The van der Waals surface area contributed by atoms with Gasteiger partial charge in [0.1, 0.15) is 0 Å². The van der Waals surface area contributed by atoms with Gasteiger partial charge >= 0.3 is 0 Å². The van der Waals surface area contributed by atoms with Gasteiger partial charge in [0.2, 0.25) is 5.95 Å². The summed E-state index contributed by atoms with van der Waals surface area (Å²) in [5.74, 6) is -0.576. The third-order valence-corrected chi connectivity index (χ3v) is 9.89. The van der Waals surface area contributed by atoms with Gasteiger partial charge in [0.15, 0.2) is 11.6 Å². The Morgan fingerprint density at radius 2 is 0.930 bits per heavy atom. The summed E-state index contributed by atoms with van der Waals surface area (Å²) in [5.41, 5.74) is -1.09. The van der Waals surface area contributed by atoms with E-state index in [0.29, 0.717) is 21.9 Å². The fourth-order valence-corrected chi connectivity index (χ4v) is 7.54. The Kier molecular flexibility index (Phi) is 3.75. The van der Waals surface area contributed by atoms with Crippen LogP contribution in [0.5, 0.6) is 0 Å². The van der Waals surface area contributed by atoms with Gasteiger partial charge in [-0.1, -0.05) is 145 Å². The van der Waals surface area contributed by atoms with Gasteiger partial charge in [-0.3, -0.25) is 4.57 Å². The lowest BCUT2D eigenvalue weighted by Crippen LogP contribution is -2.07. The van der Waals surface area contributed by atoms with Crippen molar-refractivity contribution in [1.29, 1.82) is 0 Å². The minimum absolute atomic E-state index is 0.0401. The van der Waals surface area contributed by atoms with Crippen LogP contribution in [0.3, 0.4) is 0 Å². The molecule has 0 saturated heterocycles. The monoisotopic (exact) mass is 749 g/mol. The average Bonchev–Trinajstić information content (AvgIpc) is 2.64. The maximum Gasteiger partial charge on any atom is 0.238 e. The molecule has 266 valence electrons. The fourth-order valence-electron chi connectivity index (χ4n) is 7.54. The normalized spacial score (nSPS) is 17.0. The van der Waals surface area contributed by atoms with Crippen LogP contribution in [0.1, 0.15) is 28.8 Å². The number of benzene rings is 8. The number of nitrogens with zero attached hydrogens (tertiary/aromatic N) is 6. The number of fused-ring (bicyclic) bond motifs is 10. The van der Waals surface area contributed by atoms with Crippen LogP contribution >= 0.6 is 0 Å². The Balaban J connectivity index is 1.31. The third-order valence-electron chi connectivity index (χ3n) is 9.89. The van der Waals surface area contributed by atoms with Gasteiger partial charge in [0.05, 0.1) is 61.9 Å².